The van der Waals surface area contributed by atoms with E-state index in [1.807, 2.05) is 48.5 Å². The molecule has 4 aromatic heterocycles. The number of rotatable bonds is 5. The fraction of sp³-hybridized carbons (Fsp3) is 0.0154. The second-order valence-corrected chi connectivity index (χ2v) is 18.9. The van der Waals surface area contributed by atoms with Gasteiger partial charge in [0.25, 0.3) is 0 Å². The van der Waals surface area contributed by atoms with Crippen LogP contribution in [0.2, 0.25) is 0 Å². The molecule has 0 unspecified atom stereocenters. The van der Waals surface area contributed by atoms with E-state index in [4.69, 9.17) is 28.8 Å². The maximum absolute atomic E-state index is 7.01. The monoisotopic (exact) mass is 919 g/mol. The lowest BCUT2D eigenvalue weighted by Crippen LogP contribution is -2.26. The van der Waals surface area contributed by atoms with Crippen LogP contribution in [0, 0.1) is 0 Å². The predicted molar refractivity (Wildman–Crippen MR) is 287 cm³/mol. The zero-order valence-corrected chi connectivity index (χ0v) is 38.4. The minimum absolute atomic E-state index is 0.547. The van der Waals surface area contributed by atoms with Crippen molar-refractivity contribution in [3.05, 3.63) is 247 Å². The van der Waals surface area contributed by atoms with Crippen molar-refractivity contribution in [2.75, 3.05) is 0 Å². The Kier molecular flexibility index (Phi) is 7.97. The van der Waals surface area contributed by atoms with Gasteiger partial charge in [-0.05, 0) is 111 Å². The van der Waals surface area contributed by atoms with Gasteiger partial charge >= 0.3 is 0 Å². The molecule has 72 heavy (non-hydrogen) atoms. The summed E-state index contributed by atoms with van der Waals surface area (Å²) in [5.74, 6) is 2.52. The molecule has 10 aromatic carbocycles. The number of hydrogen-bond donors (Lipinski definition) is 0. The van der Waals surface area contributed by atoms with Crippen LogP contribution < -0.4 is 0 Å². The van der Waals surface area contributed by atoms with E-state index < -0.39 is 5.41 Å². The van der Waals surface area contributed by atoms with Gasteiger partial charge in [0.05, 0.1) is 16.4 Å². The fourth-order valence-electron chi connectivity index (χ4n) is 12.1. The van der Waals surface area contributed by atoms with Gasteiger partial charge in [-0.1, -0.05) is 158 Å². The van der Waals surface area contributed by atoms with Crippen molar-refractivity contribution in [2.24, 2.45) is 0 Å². The minimum atomic E-state index is -0.632. The Hall–Kier alpha value is -9.72. The number of nitrogens with zero attached hydrogens (tertiary/aromatic N) is 5. The summed E-state index contributed by atoms with van der Waals surface area (Å²) >= 11 is 0. The van der Waals surface area contributed by atoms with Crippen LogP contribution in [0.5, 0.6) is 0 Å². The van der Waals surface area contributed by atoms with Crippen LogP contribution in [0.1, 0.15) is 22.3 Å². The third-order valence-electron chi connectivity index (χ3n) is 15.1. The molecule has 0 bridgehead atoms. The second kappa shape index (κ2) is 14.7. The maximum Gasteiger partial charge on any atom is 0.164 e. The van der Waals surface area contributed by atoms with E-state index in [2.05, 4.69) is 180 Å². The summed E-state index contributed by atoms with van der Waals surface area (Å²) in [5.41, 5.74) is 19.1. The Labute approximate surface area is 412 Å². The summed E-state index contributed by atoms with van der Waals surface area (Å²) in [6.07, 6.45) is 0. The normalized spacial score (nSPS) is 13.1. The van der Waals surface area contributed by atoms with Crippen molar-refractivity contribution in [3.63, 3.8) is 0 Å². The highest BCUT2D eigenvalue weighted by atomic mass is 16.3. The summed E-state index contributed by atoms with van der Waals surface area (Å²) in [4.78, 5) is 20.7. The highest BCUT2D eigenvalue weighted by Gasteiger charge is 2.53. The number of para-hydroxylation sites is 4. The molecule has 4 heterocycles. The molecular formula is C65H37N5O2. The van der Waals surface area contributed by atoms with Crippen molar-refractivity contribution in [2.45, 2.75) is 5.41 Å². The van der Waals surface area contributed by atoms with E-state index in [1.165, 1.54) is 44.5 Å². The van der Waals surface area contributed by atoms with E-state index in [0.717, 1.165) is 88.7 Å². The molecule has 2 aliphatic rings. The Morgan fingerprint density at radius 1 is 0.347 bits per heavy atom. The van der Waals surface area contributed by atoms with Gasteiger partial charge in [-0.15, -0.1) is 0 Å². The molecule has 2 aliphatic carbocycles. The molecule has 334 valence electrons. The zero-order valence-electron chi connectivity index (χ0n) is 38.4. The molecule has 16 rings (SSSR count). The maximum atomic E-state index is 7.01. The van der Waals surface area contributed by atoms with Crippen LogP contribution in [0.25, 0.3) is 128 Å². The topological polar surface area (TPSA) is 82.8 Å². The number of fused-ring (bicyclic) bond motifs is 18. The summed E-state index contributed by atoms with van der Waals surface area (Å²) in [6.45, 7) is 0. The molecule has 0 radical (unpaired) electrons. The lowest BCUT2D eigenvalue weighted by atomic mass is 9.69. The van der Waals surface area contributed by atoms with Crippen molar-refractivity contribution in [3.8, 4) is 73.5 Å². The minimum Gasteiger partial charge on any atom is -0.456 e. The number of imidazole rings is 1. The summed E-state index contributed by atoms with van der Waals surface area (Å²) < 4.78 is 15.9. The predicted octanol–water partition coefficient (Wildman–Crippen LogP) is 16.0. The first-order valence-corrected chi connectivity index (χ1v) is 24.3. The van der Waals surface area contributed by atoms with Gasteiger partial charge in [-0.2, -0.15) is 0 Å². The summed E-state index contributed by atoms with van der Waals surface area (Å²) in [6, 6.07) is 78.7. The summed E-state index contributed by atoms with van der Waals surface area (Å²) in [7, 11) is 0. The SMILES string of the molecule is c1ccc(-c2nc(-c3cccc(-c4nc5ccccc5n4-c4ccccc4)c3)nc(-c3ccc4c(c3)oc3ccc5c(c34)C3(c4ccccc4-c4ccccc43)c3cc4oc6ccccc6c4cc3-5)n2)cc1. The molecule has 0 saturated heterocycles. The molecule has 7 nitrogen and oxygen atoms in total. The average Bonchev–Trinajstić information content (AvgIpc) is 4.25. The van der Waals surface area contributed by atoms with Crippen LogP contribution in [-0.4, -0.2) is 24.5 Å². The van der Waals surface area contributed by atoms with Crippen molar-refractivity contribution >= 4 is 54.9 Å². The van der Waals surface area contributed by atoms with Gasteiger partial charge in [0.15, 0.2) is 17.5 Å². The van der Waals surface area contributed by atoms with E-state index in [-0.39, 0.29) is 0 Å². The van der Waals surface area contributed by atoms with Crippen LogP contribution in [0.3, 0.4) is 0 Å². The molecule has 14 aromatic rings. The van der Waals surface area contributed by atoms with Crippen LogP contribution in [0.15, 0.2) is 233 Å². The Morgan fingerprint density at radius 3 is 1.78 bits per heavy atom. The molecule has 7 heteroatoms. The van der Waals surface area contributed by atoms with E-state index in [1.54, 1.807) is 0 Å². The van der Waals surface area contributed by atoms with Crippen LogP contribution in [-0.2, 0) is 5.41 Å². The van der Waals surface area contributed by atoms with Gasteiger partial charge in [-0.3, -0.25) is 4.57 Å². The highest BCUT2D eigenvalue weighted by Crippen LogP contribution is 2.65. The quantitative estimate of drug-likeness (QED) is 0.171. The zero-order chi connectivity index (χ0) is 47.1. The van der Waals surface area contributed by atoms with Gasteiger partial charge in [0.2, 0.25) is 0 Å². The smallest absolute Gasteiger partial charge is 0.164 e. The lowest BCUT2D eigenvalue weighted by molar-refractivity contribution is 0.666. The van der Waals surface area contributed by atoms with E-state index in [0.29, 0.717) is 17.5 Å². The van der Waals surface area contributed by atoms with Gasteiger partial charge in [0, 0.05) is 49.5 Å². The molecule has 0 N–H and O–H groups in total. The molecule has 0 fully saturated rings. The molecule has 0 saturated carbocycles. The van der Waals surface area contributed by atoms with Gasteiger partial charge in [-0.25, -0.2) is 19.9 Å². The number of hydrogen-bond acceptors (Lipinski definition) is 6. The third kappa shape index (κ3) is 5.39. The van der Waals surface area contributed by atoms with Crippen molar-refractivity contribution in [1.29, 1.82) is 0 Å². The fourth-order valence-corrected chi connectivity index (χ4v) is 12.1. The number of benzene rings is 10. The third-order valence-corrected chi connectivity index (χ3v) is 15.1. The molecular weight excluding hydrogens is 883 g/mol. The van der Waals surface area contributed by atoms with Crippen LogP contribution in [0.4, 0.5) is 0 Å². The van der Waals surface area contributed by atoms with E-state index in [9.17, 15) is 0 Å². The van der Waals surface area contributed by atoms with Gasteiger partial charge in [0.1, 0.15) is 28.2 Å². The Bertz CT molecular complexity index is 4540. The highest BCUT2D eigenvalue weighted by molar-refractivity contribution is 6.16. The molecule has 0 aliphatic heterocycles. The number of aromatic nitrogens is 5. The first-order valence-electron chi connectivity index (χ1n) is 24.3. The largest absolute Gasteiger partial charge is 0.456 e. The average molecular weight is 920 g/mol. The van der Waals surface area contributed by atoms with Gasteiger partial charge < -0.3 is 8.83 Å². The van der Waals surface area contributed by atoms with Crippen LogP contribution >= 0.6 is 0 Å². The molecule has 1 spiro atoms. The van der Waals surface area contributed by atoms with Crippen molar-refractivity contribution in [1.82, 2.24) is 24.5 Å². The van der Waals surface area contributed by atoms with E-state index >= 15 is 0 Å². The standard InChI is InChI=1S/C65H37N5O2/c1-3-16-38(17-4-1)61-67-62(39-18-15-19-41(34-39)64-66-53-27-12-13-28-54(53)70(64)42-20-5-2-6-21-42)69-63(68-61)40-30-31-47-57(35-40)72-56-33-32-46-48-36-49-45-24-9-14-29-55(45)71-58(49)37-52(48)65(60(46)59(47)56)50-25-10-7-22-43(50)44-23-8-11-26-51(44)65/h1-37H. The lowest BCUT2D eigenvalue weighted by Gasteiger charge is -2.31. The number of furan rings is 2. The Balaban J connectivity index is 0.895. The Morgan fingerprint density at radius 2 is 0.972 bits per heavy atom. The van der Waals surface area contributed by atoms with Crippen molar-refractivity contribution < 1.29 is 8.83 Å². The summed E-state index contributed by atoms with van der Waals surface area (Å²) in [5, 5.41) is 4.35. The first kappa shape index (κ1) is 39.2. The second-order valence-electron chi connectivity index (χ2n) is 18.9. The molecule has 0 amide bonds. The molecule has 0 atom stereocenters. The first-order chi connectivity index (χ1) is 35.7.